The highest BCUT2D eigenvalue weighted by Gasteiger charge is 2.47. The Bertz CT molecular complexity index is 1110. The lowest BCUT2D eigenvalue weighted by Crippen LogP contribution is -2.63. The third-order valence-corrected chi connectivity index (χ3v) is 7.23. The minimum atomic E-state index is -0.447. The highest BCUT2D eigenvalue weighted by molar-refractivity contribution is 8.03. The van der Waals surface area contributed by atoms with Gasteiger partial charge in [-0.05, 0) is 35.9 Å². The van der Waals surface area contributed by atoms with E-state index in [4.69, 9.17) is 0 Å². The van der Waals surface area contributed by atoms with Gasteiger partial charge in [-0.3, -0.25) is 19.3 Å². The molecular formula is C27H30N4O4S. The van der Waals surface area contributed by atoms with Crippen molar-refractivity contribution in [3.8, 4) is 0 Å². The normalized spacial score (nSPS) is 18.8. The van der Waals surface area contributed by atoms with E-state index in [0.29, 0.717) is 37.9 Å². The van der Waals surface area contributed by atoms with Crippen LogP contribution in [0.15, 0.2) is 72.1 Å². The van der Waals surface area contributed by atoms with E-state index in [0.717, 1.165) is 5.56 Å². The quantitative estimate of drug-likeness (QED) is 0.452. The van der Waals surface area contributed by atoms with E-state index in [1.165, 1.54) is 21.6 Å². The van der Waals surface area contributed by atoms with Crippen LogP contribution in [-0.2, 0) is 20.9 Å². The smallest absolute Gasteiger partial charge is 0.327 e. The summed E-state index contributed by atoms with van der Waals surface area (Å²) >= 11 is 1.38. The lowest BCUT2D eigenvalue weighted by molar-refractivity contribution is -0.132. The Hall–Kier alpha value is -3.59. The van der Waals surface area contributed by atoms with Gasteiger partial charge in [-0.15, -0.1) is 11.8 Å². The van der Waals surface area contributed by atoms with Crippen molar-refractivity contribution in [3.05, 3.63) is 77.7 Å². The highest BCUT2D eigenvalue weighted by atomic mass is 32.2. The van der Waals surface area contributed by atoms with Gasteiger partial charge in [-0.1, -0.05) is 61.0 Å². The van der Waals surface area contributed by atoms with Crippen LogP contribution in [0.25, 0.3) is 0 Å². The zero-order valence-corrected chi connectivity index (χ0v) is 20.8. The number of carbonyl (C=O) groups excluding carboxylic acids is 4. The molecule has 2 N–H and O–H groups in total. The number of thioether (sulfide) groups is 1. The van der Waals surface area contributed by atoms with E-state index >= 15 is 0 Å². The summed E-state index contributed by atoms with van der Waals surface area (Å²) in [5.41, 5.74) is 1.70. The molecule has 4 rings (SSSR count). The fourth-order valence-electron chi connectivity index (χ4n) is 4.27. The van der Waals surface area contributed by atoms with Crippen LogP contribution in [-0.4, -0.2) is 57.9 Å². The predicted octanol–water partition coefficient (Wildman–Crippen LogP) is 3.76. The fourth-order valence-corrected chi connectivity index (χ4v) is 5.33. The number of para-hydroxylation sites is 1. The van der Waals surface area contributed by atoms with Crippen molar-refractivity contribution in [2.75, 3.05) is 18.4 Å². The number of unbranched alkanes of at least 4 members (excludes halogenated alkanes) is 2. The van der Waals surface area contributed by atoms with Crippen LogP contribution in [0.2, 0.25) is 0 Å². The Morgan fingerprint density at radius 2 is 1.61 bits per heavy atom. The van der Waals surface area contributed by atoms with E-state index in [1.54, 1.807) is 12.1 Å². The molecule has 0 aliphatic carbocycles. The van der Waals surface area contributed by atoms with Crippen molar-refractivity contribution in [1.29, 1.82) is 0 Å². The molecule has 9 heteroatoms. The number of hydrogen-bond donors (Lipinski definition) is 2. The molecule has 1 fully saturated rings. The average Bonchev–Trinajstić information content (AvgIpc) is 3.38. The van der Waals surface area contributed by atoms with Gasteiger partial charge in [0.05, 0.1) is 6.04 Å². The molecule has 0 saturated carbocycles. The third-order valence-electron chi connectivity index (χ3n) is 6.15. The Kier molecular flexibility index (Phi) is 8.78. The maximum atomic E-state index is 13.2. The number of fused-ring (bicyclic) bond motifs is 1. The van der Waals surface area contributed by atoms with Gasteiger partial charge in [0, 0.05) is 25.2 Å². The van der Waals surface area contributed by atoms with Gasteiger partial charge in [0.1, 0.15) is 11.8 Å². The molecule has 2 unspecified atom stereocenters. The molecule has 188 valence electrons. The maximum absolute atomic E-state index is 13.2. The van der Waals surface area contributed by atoms with Gasteiger partial charge >= 0.3 is 6.03 Å². The first kappa shape index (κ1) is 25.5. The molecule has 2 atom stereocenters. The average molecular weight is 507 g/mol. The van der Waals surface area contributed by atoms with E-state index in [2.05, 4.69) is 10.6 Å². The molecule has 36 heavy (non-hydrogen) atoms. The van der Waals surface area contributed by atoms with E-state index < -0.39 is 17.3 Å². The molecule has 0 spiro atoms. The molecule has 0 aromatic heterocycles. The minimum Gasteiger partial charge on any atom is -0.352 e. The van der Waals surface area contributed by atoms with Crippen molar-refractivity contribution in [1.82, 2.24) is 15.1 Å². The van der Waals surface area contributed by atoms with Crippen LogP contribution >= 0.6 is 11.8 Å². The van der Waals surface area contributed by atoms with E-state index in [-0.39, 0.29) is 30.8 Å². The number of imide groups is 1. The van der Waals surface area contributed by atoms with E-state index in [9.17, 15) is 19.2 Å². The number of amides is 5. The second-order valence-electron chi connectivity index (χ2n) is 8.76. The van der Waals surface area contributed by atoms with Gasteiger partial charge in [0.25, 0.3) is 0 Å². The summed E-state index contributed by atoms with van der Waals surface area (Å²) in [5, 5.41) is 7.10. The molecule has 2 aromatic rings. The number of benzene rings is 2. The SMILES string of the molecule is O=C(CCCCCN1C(=O)C2SC=CC2N(CC(=O)Nc2ccccc2)C1=O)NCc1ccccc1. The molecular weight excluding hydrogens is 476 g/mol. The van der Waals surface area contributed by atoms with Crippen LogP contribution in [0.1, 0.15) is 31.2 Å². The maximum Gasteiger partial charge on any atom is 0.327 e. The Morgan fingerprint density at radius 1 is 0.889 bits per heavy atom. The summed E-state index contributed by atoms with van der Waals surface area (Å²) < 4.78 is 0. The summed E-state index contributed by atoms with van der Waals surface area (Å²) in [6.07, 6.45) is 4.19. The van der Waals surface area contributed by atoms with Crippen molar-refractivity contribution in [3.63, 3.8) is 0 Å². The van der Waals surface area contributed by atoms with Crippen molar-refractivity contribution < 1.29 is 19.2 Å². The summed E-state index contributed by atoms with van der Waals surface area (Å²) in [4.78, 5) is 53.6. The second kappa shape index (κ2) is 12.4. The predicted molar refractivity (Wildman–Crippen MR) is 140 cm³/mol. The third kappa shape index (κ3) is 6.54. The largest absolute Gasteiger partial charge is 0.352 e. The Balaban J connectivity index is 1.24. The first-order valence-electron chi connectivity index (χ1n) is 12.1. The standard InChI is InChI=1S/C27H30N4O4S/c32-23(28-18-20-10-4-1-5-11-20)14-8-3-9-16-30-26(34)25-22(15-17-36-25)31(27(30)35)19-24(33)29-21-12-6-2-7-13-21/h1-2,4-7,10-13,15,17,22,25H,3,8-9,14,16,18-19H2,(H,28,32)(H,29,33). The number of rotatable bonds is 11. The van der Waals surface area contributed by atoms with Crippen LogP contribution in [0.5, 0.6) is 0 Å². The van der Waals surface area contributed by atoms with Gasteiger partial charge in [0.15, 0.2) is 0 Å². The fraction of sp³-hybridized carbons (Fsp3) is 0.333. The molecule has 2 aromatic carbocycles. The number of nitrogens with zero attached hydrogens (tertiary/aromatic N) is 2. The molecule has 0 radical (unpaired) electrons. The lowest BCUT2D eigenvalue weighted by Gasteiger charge is -2.41. The second-order valence-corrected chi connectivity index (χ2v) is 9.82. The summed E-state index contributed by atoms with van der Waals surface area (Å²) in [5.74, 6) is -0.550. The molecule has 8 nitrogen and oxygen atoms in total. The first-order valence-corrected chi connectivity index (χ1v) is 13.1. The number of hydrogen-bond acceptors (Lipinski definition) is 5. The monoisotopic (exact) mass is 506 g/mol. The summed E-state index contributed by atoms with van der Waals surface area (Å²) in [6, 6.07) is 17.9. The van der Waals surface area contributed by atoms with Gasteiger partial charge in [0.2, 0.25) is 17.7 Å². The van der Waals surface area contributed by atoms with Gasteiger partial charge in [-0.2, -0.15) is 0 Å². The van der Waals surface area contributed by atoms with Crippen molar-refractivity contribution in [2.24, 2.45) is 0 Å². The molecule has 2 aliphatic heterocycles. The summed E-state index contributed by atoms with van der Waals surface area (Å²) in [6.45, 7) is 0.632. The van der Waals surface area contributed by atoms with Crippen molar-refractivity contribution >= 4 is 41.2 Å². The number of carbonyl (C=O) groups is 4. The van der Waals surface area contributed by atoms with Crippen molar-refractivity contribution in [2.45, 2.75) is 43.5 Å². The lowest BCUT2D eigenvalue weighted by atomic mass is 10.1. The Morgan fingerprint density at radius 3 is 2.36 bits per heavy atom. The molecule has 2 heterocycles. The molecule has 2 aliphatic rings. The van der Waals surface area contributed by atoms with Crippen LogP contribution < -0.4 is 10.6 Å². The zero-order valence-electron chi connectivity index (χ0n) is 20.0. The van der Waals surface area contributed by atoms with Gasteiger partial charge < -0.3 is 15.5 Å². The number of urea groups is 1. The Labute approximate surface area is 215 Å². The number of nitrogens with one attached hydrogen (secondary N) is 2. The summed E-state index contributed by atoms with van der Waals surface area (Å²) in [7, 11) is 0. The molecule has 5 amide bonds. The van der Waals surface area contributed by atoms with E-state index in [1.807, 2.05) is 60.0 Å². The first-order chi connectivity index (χ1) is 17.5. The zero-order chi connectivity index (χ0) is 25.3. The molecule has 0 bridgehead atoms. The molecule has 1 saturated heterocycles. The van der Waals surface area contributed by atoms with Gasteiger partial charge in [-0.25, -0.2) is 4.79 Å². The van der Waals surface area contributed by atoms with Crippen LogP contribution in [0.4, 0.5) is 10.5 Å². The van der Waals surface area contributed by atoms with Crippen LogP contribution in [0, 0.1) is 0 Å². The topological polar surface area (TPSA) is 98.8 Å². The highest BCUT2D eigenvalue weighted by Crippen LogP contribution is 2.34. The van der Waals surface area contributed by atoms with Crippen LogP contribution in [0.3, 0.4) is 0 Å². The minimum absolute atomic E-state index is 0.0177. The number of anilines is 1.